The van der Waals surface area contributed by atoms with Crippen LogP contribution in [0.25, 0.3) is 0 Å². The summed E-state index contributed by atoms with van der Waals surface area (Å²) in [7, 11) is 0. The second-order valence-electron chi connectivity index (χ2n) is 2.02. The van der Waals surface area contributed by atoms with Gasteiger partial charge in [0, 0.05) is 6.07 Å². The van der Waals surface area contributed by atoms with Crippen LogP contribution in [0.1, 0.15) is 6.92 Å². The van der Waals surface area contributed by atoms with E-state index in [2.05, 4.69) is 4.98 Å². The molecule has 0 N–H and O–H groups in total. The Kier molecular flexibility index (Phi) is 3.04. The summed E-state index contributed by atoms with van der Waals surface area (Å²) in [6, 6.07) is 4.80. The monoisotopic (exact) mass is 184 g/mol. The number of hydrogen-bond donors (Lipinski definition) is 0. The summed E-state index contributed by atoms with van der Waals surface area (Å²) in [5.74, 6) is 0.780. The summed E-state index contributed by atoms with van der Waals surface area (Å²) in [6.07, 6.45) is 0. The van der Waals surface area contributed by atoms with E-state index in [1.165, 1.54) is 17.8 Å². The molecule has 0 bridgehead atoms. The van der Waals surface area contributed by atoms with Gasteiger partial charge >= 0.3 is 5.82 Å². The zero-order valence-electron chi connectivity index (χ0n) is 6.56. The number of rotatable bonds is 3. The molecule has 0 saturated carbocycles. The lowest BCUT2D eigenvalue weighted by atomic mass is 10.5. The fraction of sp³-hybridized carbons (Fsp3) is 0.286. The second-order valence-corrected chi connectivity index (χ2v) is 3.31. The zero-order valence-corrected chi connectivity index (χ0v) is 7.37. The lowest BCUT2D eigenvalue weighted by Crippen LogP contribution is -1.92. The SMILES string of the molecule is CCSc1cccc([N+](=O)[O-])n1. The van der Waals surface area contributed by atoms with E-state index in [1.54, 1.807) is 12.1 Å². The summed E-state index contributed by atoms with van der Waals surface area (Å²) < 4.78 is 0. The molecule has 0 saturated heterocycles. The molecule has 1 rings (SSSR count). The first-order chi connectivity index (χ1) is 5.74. The van der Waals surface area contributed by atoms with Gasteiger partial charge in [0.15, 0.2) is 0 Å². The Bertz CT molecular complexity index is 290. The van der Waals surface area contributed by atoms with Gasteiger partial charge in [0.25, 0.3) is 0 Å². The highest BCUT2D eigenvalue weighted by Crippen LogP contribution is 2.17. The molecule has 0 aliphatic carbocycles. The van der Waals surface area contributed by atoms with E-state index in [9.17, 15) is 10.1 Å². The van der Waals surface area contributed by atoms with Gasteiger partial charge in [-0.25, -0.2) is 0 Å². The van der Waals surface area contributed by atoms with Crippen LogP contribution in [0.3, 0.4) is 0 Å². The second kappa shape index (κ2) is 4.06. The molecule has 12 heavy (non-hydrogen) atoms. The third-order valence-corrected chi connectivity index (χ3v) is 2.00. The average molecular weight is 184 g/mol. The molecule has 0 unspecified atom stereocenters. The van der Waals surface area contributed by atoms with Crippen LogP contribution in [-0.2, 0) is 0 Å². The summed E-state index contributed by atoms with van der Waals surface area (Å²) in [5, 5.41) is 11.0. The fourth-order valence-corrected chi connectivity index (χ4v) is 1.36. The molecule has 1 heterocycles. The topological polar surface area (TPSA) is 56.0 Å². The maximum absolute atomic E-state index is 10.3. The Hall–Kier alpha value is -1.10. The summed E-state index contributed by atoms with van der Waals surface area (Å²) >= 11 is 1.49. The Labute approximate surface area is 74.2 Å². The predicted molar refractivity (Wildman–Crippen MR) is 47.3 cm³/mol. The predicted octanol–water partition coefficient (Wildman–Crippen LogP) is 2.10. The van der Waals surface area contributed by atoms with Gasteiger partial charge in [0.05, 0.1) is 0 Å². The van der Waals surface area contributed by atoms with Crippen molar-refractivity contribution >= 4 is 17.6 Å². The molecule has 0 atom stereocenters. The Morgan fingerprint density at radius 2 is 2.42 bits per heavy atom. The maximum atomic E-state index is 10.3. The van der Waals surface area contributed by atoms with Crippen LogP contribution in [0.5, 0.6) is 0 Å². The van der Waals surface area contributed by atoms with E-state index < -0.39 is 4.92 Å². The van der Waals surface area contributed by atoms with E-state index in [1.807, 2.05) is 6.92 Å². The van der Waals surface area contributed by atoms with Crippen LogP contribution in [0.2, 0.25) is 0 Å². The van der Waals surface area contributed by atoms with Crippen LogP contribution < -0.4 is 0 Å². The van der Waals surface area contributed by atoms with Crippen molar-refractivity contribution < 1.29 is 4.92 Å². The average Bonchev–Trinajstić information content (AvgIpc) is 2.05. The molecule has 0 aliphatic heterocycles. The lowest BCUT2D eigenvalue weighted by Gasteiger charge is -1.93. The maximum Gasteiger partial charge on any atom is 0.364 e. The van der Waals surface area contributed by atoms with Gasteiger partial charge in [-0.3, -0.25) is 0 Å². The van der Waals surface area contributed by atoms with Crippen molar-refractivity contribution in [2.75, 3.05) is 5.75 Å². The number of pyridine rings is 1. The van der Waals surface area contributed by atoms with Gasteiger partial charge in [-0.1, -0.05) is 18.7 Å². The minimum absolute atomic E-state index is 0.0894. The van der Waals surface area contributed by atoms with Crippen LogP contribution >= 0.6 is 11.8 Å². The number of thioether (sulfide) groups is 1. The molecule has 0 amide bonds. The quantitative estimate of drug-likeness (QED) is 0.410. The highest BCUT2D eigenvalue weighted by atomic mass is 32.2. The van der Waals surface area contributed by atoms with Gasteiger partial charge in [-0.05, 0) is 27.8 Å². The molecule has 4 nitrogen and oxygen atoms in total. The molecule has 0 aromatic carbocycles. The molecule has 0 aliphatic rings. The first kappa shape index (κ1) is 8.99. The highest BCUT2D eigenvalue weighted by Gasteiger charge is 2.08. The van der Waals surface area contributed by atoms with Crippen molar-refractivity contribution in [3.05, 3.63) is 28.3 Å². The fourth-order valence-electron chi connectivity index (χ4n) is 0.734. The Morgan fingerprint density at radius 1 is 1.67 bits per heavy atom. The molecule has 1 aromatic rings. The third kappa shape index (κ3) is 2.20. The lowest BCUT2D eigenvalue weighted by molar-refractivity contribution is -0.389. The molecule has 0 spiro atoms. The summed E-state index contributed by atoms with van der Waals surface area (Å²) in [5.41, 5.74) is 0. The minimum Gasteiger partial charge on any atom is -0.358 e. The van der Waals surface area contributed by atoms with Crippen molar-refractivity contribution in [1.29, 1.82) is 0 Å². The molecule has 0 radical (unpaired) electrons. The van der Waals surface area contributed by atoms with E-state index in [4.69, 9.17) is 0 Å². The van der Waals surface area contributed by atoms with Gasteiger partial charge in [0.1, 0.15) is 0 Å². The van der Waals surface area contributed by atoms with Crippen molar-refractivity contribution in [3.8, 4) is 0 Å². The first-order valence-corrected chi connectivity index (χ1v) is 4.47. The molecular formula is C7H8N2O2S. The summed E-state index contributed by atoms with van der Waals surface area (Å²) in [4.78, 5) is 13.6. The molecule has 1 aromatic heterocycles. The molecular weight excluding hydrogens is 176 g/mol. The van der Waals surface area contributed by atoms with Crippen molar-refractivity contribution in [1.82, 2.24) is 4.98 Å². The van der Waals surface area contributed by atoms with Crippen molar-refractivity contribution in [2.24, 2.45) is 0 Å². The highest BCUT2D eigenvalue weighted by molar-refractivity contribution is 7.99. The summed E-state index contributed by atoms with van der Waals surface area (Å²) in [6.45, 7) is 1.98. The van der Waals surface area contributed by atoms with Gasteiger partial charge in [0.2, 0.25) is 5.03 Å². The Balaban J connectivity index is 2.88. The third-order valence-electron chi connectivity index (χ3n) is 1.19. The standard InChI is InChI=1S/C7H8N2O2S/c1-2-12-7-5-3-4-6(8-7)9(10)11/h3-5H,2H2,1H3. The van der Waals surface area contributed by atoms with E-state index >= 15 is 0 Å². The largest absolute Gasteiger partial charge is 0.364 e. The number of hydrogen-bond acceptors (Lipinski definition) is 4. The normalized spacial score (nSPS) is 9.75. The van der Waals surface area contributed by atoms with Gasteiger partial charge in [-0.2, -0.15) is 0 Å². The van der Waals surface area contributed by atoms with Gasteiger partial charge < -0.3 is 10.1 Å². The Morgan fingerprint density at radius 3 is 3.00 bits per heavy atom. The van der Waals surface area contributed by atoms with E-state index in [-0.39, 0.29) is 5.82 Å². The van der Waals surface area contributed by atoms with Crippen LogP contribution in [0, 0.1) is 10.1 Å². The van der Waals surface area contributed by atoms with E-state index in [0.717, 1.165) is 5.75 Å². The molecule has 64 valence electrons. The zero-order chi connectivity index (χ0) is 8.97. The molecule has 5 heteroatoms. The smallest absolute Gasteiger partial charge is 0.358 e. The van der Waals surface area contributed by atoms with Crippen molar-refractivity contribution in [3.63, 3.8) is 0 Å². The number of nitro groups is 1. The van der Waals surface area contributed by atoms with Gasteiger partial charge in [-0.15, -0.1) is 0 Å². The van der Waals surface area contributed by atoms with E-state index in [0.29, 0.717) is 5.03 Å². The number of nitrogens with zero attached hydrogens (tertiary/aromatic N) is 2. The number of aromatic nitrogens is 1. The first-order valence-electron chi connectivity index (χ1n) is 3.48. The van der Waals surface area contributed by atoms with Crippen molar-refractivity contribution in [2.45, 2.75) is 11.9 Å². The van der Waals surface area contributed by atoms with Crippen LogP contribution in [0.15, 0.2) is 23.2 Å². The van der Waals surface area contributed by atoms with Crippen LogP contribution in [-0.4, -0.2) is 15.7 Å². The van der Waals surface area contributed by atoms with Crippen LogP contribution in [0.4, 0.5) is 5.82 Å². The molecule has 0 fully saturated rings. The minimum atomic E-state index is -0.486.